The third kappa shape index (κ3) is 4.28. The number of hydrogen-bond donors (Lipinski definition) is 0. The predicted octanol–water partition coefficient (Wildman–Crippen LogP) is 5.15. The first-order chi connectivity index (χ1) is 15.5. The van der Waals surface area contributed by atoms with E-state index in [9.17, 15) is 14.9 Å². The fourth-order valence-electron chi connectivity index (χ4n) is 3.36. The quantitative estimate of drug-likeness (QED) is 0.286. The minimum atomic E-state index is -0.482. The first-order valence-electron chi connectivity index (χ1n) is 9.96. The van der Waals surface area contributed by atoms with Gasteiger partial charge in [-0.2, -0.15) is 0 Å². The number of carbonyl (C=O) groups excluding carboxylic acids is 1. The van der Waals surface area contributed by atoms with Crippen LogP contribution in [0.4, 0.5) is 10.8 Å². The Morgan fingerprint density at radius 2 is 2.06 bits per heavy atom. The van der Waals surface area contributed by atoms with E-state index in [0.29, 0.717) is 17.3 Å². The highest BCUT2D eigenvalue weighted by Crippen LogP contribution is 2.34. The number of aromatic nitrogens is 2. The van der Waals surface area contributed by atoms with Gasteiger partial charge in [0.05, 0.1) is 28.3 Å². The summed E-state index contributed by atoms with van der Waals surface area (Å²) in [4.78, 5) is 34.8. The van der Waals surface area contributed by atoms with Crippen LogP contribution in [0.1, 0.15) is 28.4 Å². The molecule has 2 heterocycles. The smallest absolute Gasteiger partial charge is 0.273 e. The fourth-order valence-corrected chi connectivity index (χ4v) is 4.36. The van der Waals surface area contributed by atoms with Gasteiger partial charge in [0, 0.05) is 29.6 Å². The first kappa shape index (κ1) is 21.4. The van der Waals surface area contributed by atoms with Crippen LogP contribution >= 0.6 is 11.3 Å². The number of hydrogen-bond acceptors (Lipinski definition) is 7. The van der Waals surface area contributed by atoms with Crippen molar-refractivity contribution in [3.05, 3.63) is 87.7 Å². The van der Waals surface area contributed by atoms with E-state index in [1.54, 1.807) is 31.5 Å². The Morgan fingerprint density at radius 1 is 1.22 bits per heavy atom. The second-order valence-corrected chi connectivity index (χ2v) is 8.03. The molecular weight excluding hydrogens is 428 g/mol. The molecule has 0 saturated carbocycles. The lowest BCUT2D eigenvalue weighted by Gasteiger charge is -2.21. The van der Waals surface area contributed by atoms with Crippen LogP contribution in [-0.4, -0.2) is 27.4 Å². The molecule has 0 saturated heterocycles. The van der Waals surface area contributed by atoms with Crippen molar-refractivity contribution in [1.29, 1.82) is 0 Å². The summed E-state index contributed by atoms with van der Waals surface area (Å²) in [6, 6.07) is 13.8. The molecule has 2 aromatic carbocycles. The van der Waals surface area contributed by atoms with Gasteiger partial charge in [0.1, 0.15) is 5.75 Å². The number of rotatable bonds is 7. The lowest BCUT2D eigenvalue weighted by molar-refractivity contribution is -0.385. The number of nitrogens with zero attached hydrogens (tertiary/aromatic N) is 4. The van der Waals surface area contributed by atoms with Gasteiger partial charge in [0.2, 0.25) is 0 Å². The number of carbonyl (C=O) groups is 1. The van der Waals surface area contributed by atoms with Crippen LogP contribution in [0, 0.1) is 17.0 Å². The molecule has 162 valence electrons. The van der Waals surface area contributed by atoms with Crippen LogP contribution in [-0.2, 0) is 6.54 Å². The molecule has 2 aromatic heterocycles. The molecule has 4 aromatic rings. The van der Waals surface area contributed by atoms with E-state index in [4.69, 9.17) is 4.74 Å². The van der Waals surface area contributed by atoms with E-state index in [1.807, 2.05) is 31.2 Å². The van der Waals surface area contributed by atoms with Gasteiger partial charge in [-0.25, -0.2) is 4.98 Å². The predicted molar refractivity (Wildman–Crippen MR) is 123 cm³/mol. The van der Waals surface area contributed by atoms with Gasteiger partial charge in [-0.15, -0.1) is 0 Å². The summed E-state index contributed by atoms with van der Waals surface area (Å²) in [5, 5.41) is 11.9. The van der Waals surface area contributed by atoms with E-state index in [2.05, 4.69) is 9.97 Å². The normalized spacial score (nSPS) is 10.8. The number of benzene rings is 2. The zero-order chi connectivity index (χ0) is 22.7. The van der Waals surface area contributed by atoms with Crippen molar-refractivity contribution in [3.8, 4) is 5.75 Å². The Bertz CT molecular complexity index is 1290. The molecule has 0 fully saturated rings. The summed E-state index contributed by atoms with van der Waals surface area (Å²) in [7, 11) is 0. The monoisotopic (exact) mass is 448 g/mol. The standard InChI is InChI=1S/C23H20N4O4S/c1-3-31-17-9-10-19-21(12-17)32-23(25-19)26(14-16-6-5-11-24-13-16)22(28)18-7-4-8-20(15(18)2)27(29)30/h4-13H,3,14H2,1-2H3. The van der Waals surface area contributed by atoms with Crippen LogP contribution in [0.15, 0.2) is 60.9 Å². The van der Waals surface area contributed by atoms with Gasteiger partial charge in [-0.3, -0.25) is 24.8 Å². The Morgan fingerprint density at radius 3 is 2.78 bits per heavy atom. The van der Waals surface area contributed by atoms with Crippen LogP contribution in [0.3, 0.4) is 0 Å². The summed E-state index contributed by atoms with van der Waals surface area (Å²) in [6.45, 7) is 4.28. The maximum absolute atomic E-state index is 13.6. The van der Waals surface area contributed by atoms with E-state index in [0.717, 1.165) is 21.5 Å². The number of amides is 1. The molecule has 9 heteroatoms. The molecule has 0 atom stereocenters. The number of ether oxygens (including phenoxy) is 1. The van der Waals surface area contributed by atoms with Crippen LogP contribution in [0.25, 0.3) is 10.2 Å². The number of pyridine rings is 1. The second kappa shape index (κ2) is 9.11. The number of nitro groups is 1. The average Bonchev–Trinajstić information content (AvgIpc) is 3.21. The van der Waals surface area contributed by atoms with Gasteiger partial charge in [0.15, 0.2) is 5.13 Å². The molecule has 4 rings (SSSR count). The zero-order valence-corrected chi connectivity index (χ0v) is 18.3. The van der Waals surface area contributed by atoms with Gasteiger partial charge >= 0.3 is 0 Å². The molecule has 1 amide bonds. The Kier molecular flexibility index (Phi) is 6.09. The largest absolute Gasteiger partial charge is 0.494 e. The Balaban J connectivity index is 1.79. The van der Waals surface area contributed by atoms with Crippen LogP contribution < -0.4 is 9.64 Å². The van der Waals surface area contributed by atoms with Crippen molar-refractivity contribution >= 4 is 38.3 Å². The summed E-state index contributed by atoms with van der Waals surface area (Å²) in [5.41, 5.74) is 2.05. The summed E-state index contributed by atoms with van der Waals surface area (Å²) < 4.78 is 6.45. The SMILES string of the molecule is CCOc1ccc2nc(N(Cc3cccnc3)C(=O)c3cccc([N+](=O)[O-])c3C)sc2c1. The van der Waals surface area contributed by atoms with Gasteiger partial charge < -0.3 is 4.74 Å². The topological polar surface area (TPSA) is 98.5 Å². The molecule has 0 aliphatic carbocycles. The summed E-state index contributed by atoms with van der Waals surface area (Å²) in [5.74, 6) is 0.369. The Labute approximate surface area is 188 Å². The third-order valence-electron chi connectivity index (χ3n) is 4.93. The van der Waals surface area contributed by atoms with E-state index in [-0.39, 0.29) is 23.7 Å². The Hall–Kier alpha value is -3.85. The molecular formula is C23H20N4O4S. The highest BCUT2D eigenvalue weighted by molar-refractivity contribution is 7.22. The number of fused-ring (bicyclic) bond motifs is 1. The number of thiazole rings is 1. The second-order valence-electron chi connectivity index (χ2n) is 7.02. The van der Waals surface area contributed by atoms with Crippen molar-refractivity contribution in [2.75, 3.05) is 11.5 Å². The molecule has 0 aliphatic heterocycles. The summed E-state index contributed by atoms with van der Waals surface area (Å²) >= 11 is 1.36. The number of nitro benzene ring substituents is 1. The van der Waals surface area contributed by atoms with Crippen molar-refractivity contribution < 1.29 is 14.5 Å². The molecule has 0 unspecified atom stereocenters. The van der Waals surface area contributed by atoms with E-state index >= 15 is 0 Å². The molecule has 0 spiro atoms. The van der Waals surface area contributed by atoms with Crippen molar-refractivity contribution in [2.45, 2.75) is 20.4 Å². The van der Waals surface area contributed by atoms with E-state index < -0.39 is 4.92 Å². The zero-order valence-electron chi connectivity index (χ0n) is 17.5. The van der Waals surface area contributed by atoms with Crippen LogP contribution in [0.2, 0.25) is 0 Å². The molecule has 8 nitrogen and oxygen atoms in total. The maximum atomic E-state index is 13.6. The highest BCUT2D eigenvalue weighted by atomic mass is 32.1. The fraction of sp³-hybridized carbons (Fsp3) is 0.174. The van der Waals surface area contributed by atoms with Gasteiger partial charge in [-0.05, 0) is 49.7 Å². The number of anilines is 1. The average molecular weight is 449 g/mol. The van der Waals surface area contributed by atoms with Crippen molar-refractivity contribution in [2.24, 2.45) is 0 Å². The van der Waals surface area contributed by atoms with Crippen LogP contribution in [0.5, 0.6) is 5.75 Å². The molecule has 0 aliphatic rings. The molecule has 0 bridgehead atoms. The molecule has 32 heavy (non-hydrogen) atoms. The molecule has 0 radical (unpaired) electrons. The summed E-state index contributed by atoms with van der Waals surface area (Å²) in [6.07, 6.45) is 3.34. The van der Waals surface area contributed by atoms with Crippen molar-refractivity contribution in [3.63, 3.8) is 0 Å². The van der Waals surface area contributed by atoms with Gasteiger partial charge in [-0.1, -0.05) is 23.5 Å². The maximum Gasteiger partial charge on any atom is 0.273 e. The lowest BCUT2D eigenvalue weighted by atomic mass is 10.1. The van der Waals surface area contributed by atoms with E-state index in [1.165, 1.54) is 28.4 Å². The first-order valence-corrected chi connectivity index (χ1v) is 10.8. The third-order valence-corrected chi connectivity index (χ3v) is 5.97. The van der Waals surface area contributed by atoms with Crippen molar-refractivity contribution in [1.82, 2.24) is 9.97 Å². The molecule has 0 N–H and O–H groups in total. The minimum Gasteiger partial charge on any atom is -0.494 e. The van der Waals surface area contributed by atoms with Gasteiger partial charge in [0.25, 0.3) is 11.6 Å². The lowest BCUT2D eigenvalue weighted by Crippen LogP contribution is -2.31. The highest BCUT2D eigenvalue weighted by Gasteiger charge is 2.26. The minimum absolute atomic E-state index is 0.0946.